The molecular weight excluding hydrogens is 961 g/mol. The summed E-state index contributed by atoms with van der Waals surface area (Å²) >= 11 is 0. The first kappa shape index (κ1) is 56.0. The maximum Gasteiger partial charge on any atom is 0.168 e. The van der Waals surface area contributed by atoms with Crippen LogP contribution in [0.15, 0.2) is 168 Å². The van der Waals surface area contributed by atoms with Crippen LogP contribution in [0, 0.1) is 0 Å². The van der Waals surface area contributed by atoms with Gasteiger partial charge in [-0.25, -0.2) is 20.8 Å². The topological polar surface area (TPSA) is 274 Å². The molecule has 390 valence electrons. The molecule has 9 N–H and O–H groups in total. The number of likely N-dealkylation sites (tertiary alicyclic amines) is 1. The maximum atomic E-state index is 10.7. The fraction of sp³-hybridized carbons (Fsp3) is 0.193. The highest BCUT2D eigenvalue weighted by molar-refractivity contribution is 5.88. The number of aromatic nitrogens is 6. The summed E-state index contributed by atoms with van der Waals surface area (Å²) in [6.45, 7) is 7.45. The lowest BCUT2D eigenvalue weighted by Crippen LogP contribution is -2.29. The third kappa shape index (κ3) is 18.0. The zero-order chi connectivity index (χ0) is 53.6. The number of aromatic hydroxyl groups is 3. The van der Waals surface area contributed by atoms with Crippen LogP contribution >= 0.6 is 0 Å². The van der Waals surface area contributed by atoms with Gasteiger partial charge in [0.25, 0.3) is 0 Å². The van der Waals surface area contributed by atoms with Gasteiger partial charge in [0.05, 0.1) is 23.8 Å². The molecule has 2 fully saturated rings. The van der Waals surface area contributed by atoms with Gasteiger partial charge in [0.2, 0.25) is 0 Å². The van der Waals surface area contributed by atoms with Gasteiger partial charge in [-0.1, -0.05) is 67.4 Å². The summed E-state index contributed by atoms with van der Waals surface area (Å²) in [6, 6.07) is 42.0. The van der Waals surface area contributed by atoms with E-state index in [4.69, 9.17) is 10.6 Å². The Bertz CT molecular complexity index is 3210. The van der Waals surface area contributed by atoms with Crippen LogP contribution in [0.1, 0.15) is 66.0 Å². The van der Waals surface area contributed by atoms with Crippen LogP contribution in [0.2, 0.25) is 0 Å². The molecule has 8 heterocycles. The lowest BCUT2D eigenvalue weighted by atomic mass is 10.1. The largest absolute Gasteiger partial charge is 0.506 e. The molecule has 0 spiro atoms. The molecule has 0 radical (unpaired) electrons. The first-order valence-electron chi connectivity index (χ1n) is 24.6. The van der Waals surface area contributed by atoms with Crippen LogP contribution in [-0.4, -0.2) is 102 Å². The Balaban J connectivity index is 0.000000167. The second-order valence-corrected chi connectivity index (χ2v) is 16.8. The van der Waals surface area contributed by atoms with Crippen LogP contribution in [0.25, 0.3) is 32.7 Å². The number of fused-ring (bicyclic) bond motifs is 3. The number of para-hydroxylation sites is 2. The summed E-state index contributed by atoms with van der Waals surface area (Å²) in [5, 5.41) is 44.2. The van der Waals surface area contributed by atoms with Gasteiger partial charge in [-0.15, -0.1) is 0 Å². The van der Waals surface area contributed by atoms with Crippen molar-refractivity contribution >= 4 is 75.7 Å². The molecule has 0 aliphatic carbocycles. The number of hydrazone groups is 2. The van der Waals surface area contributed by atoms with Crippen molar-refractivity contribution in [3.05, 3.63) is 181 Å². The van der Waals surface area contributed by atoms with E-state index in [1.54, 1.807) is 85.6 Å². The van der Waals surface area contributed by atoms with Gasteiger partial charge in [-0.3, -0.25) is 35.5 Å². The summed E-state index contributed by atoms with van der Waals surface area (Å²) in [5.41, 5.74) is 12.8. The average molecular weight is 1020 g/mol. The van der Waals surface area contributed by atoms with E-state index >= 15 is 0 Å². The SMILES string of the molecule is C1CCNCC1.C=O.NNc1ccc2cccc(O)c2n1.O=Cc1ccccn1.Oc1c(CN2CCCCC2)ccc2ccc(N/N=C/c3ccccn3)nc12.Oc1cccc2ccc(N/N=C/c3ccccn3)nc12. The molecule has 11 rings (SSSR count). The molecule has 6 aromatic heterocycles. The number of aldehydes is 1. The summed E-state index contributed by atoms with van der Waals surface area (Å²) < 4.78 is 0. The Labute approximate surface area is 440 Å². The number of hydrazine groups is 1. The van der Waals surface area contributed by atoms with Gasteiger partial charge in [0.15, 0.2) is 6.29 Å². The Kier molecular flexibility index (Phi) is 23.1. The average Bonchev–Trinajstić information content (AvgIpc) is 3.49. The predicted octanol–water partition coefficient (Wildman–Crippen LogP) is 9.24. The van der Waals surface area contributed by atoms with Gasteiger partial charge < -0.3 is 30.9 Å². The summed E-state index contributed by atoms with van der Waals surface area (Å²) in [4.78, 5) is 45.3. The molecular formula is C57H62N14O5. The molecule has 3 aromatic carbocycles. The standard InChI is InChI=1S/C21H23N5O.C15H12N4O.C9H9N3O.C6H5NO.C5H11N.CH2O/c27-21-17(15-26-12-4-1-5-13-26)8-7-16-9-10-19(24-20(16)21)25-23-14-18-6-2-3-11-22-18;20-13-6-3-4-11-7-8-14(18-15(11)13)19-17-10-12-5-1-2-9-16-12;10-12-8-5-4-6-2-1-3-7(13)9(6)11-8;8-5-6-3-1-2-4-7-6;1-2-4-6-5-3-1;1-2/h2-3,6-11,14,27H,1,4-5,12-13,15H2,(H,24,25);1-10,20H,(H,18,19);1-5,13H,10H2,(H,11,12);1-5H;6H,1-5H2;1H2/b23-14+;17-10+;;;;. The Morgan fingerprint density at radius 2 is 1.00 bits per heavy atom. The van der Waals surface area contributed by atoms with E-state index in [0.717, 1.165) is 59.0 Å². The van der Waals surface area contributed by atoms with E-state index in [1.165, 1.54) is 51.6 Å². The van der Waals surface area contributed by atoms with E-state index in [-0.39, 0.29) is 17.2 Å². The van der Waals surface area contributed by atoms with E-state index in [1.807, 2.05) is 91.7 Å². The van der Waals surface area contributed by atoms with Crippen molar-refractivity contribution in [1.29, 1.82) is 0 Å². The van der Waals surface area contributed by atoms with Crippen LogP contribution in [0.3, 0.4) is 0 Å². The van der Waals surface area contributed by atoms with Gasteiger partial charge >= 0.3 is 0 Å². The lowest BCUT2D eigenvalue weighted by Gasteiger charge is -2.26. The lowest BCUT2D eigenvalue weighted by molar-refractivity contribution is -0.0980. The number of nitrogens with one attached hydrogen (secondary N) is 4. The molecule has 76 heavy (non-hydrogen) atoms. The summed E-state index contributed by atoms with van der Waals surface area (Å²) in [6.07, 6.45) is 17.0. The third-order valence-electron chi connectivity index (χ3n) is 11.5. The van der Waals surface area contributed by atoms with Gasteiger partial charge in [0.1, 0.15) is 63.7 Å². The fourth-order valence-corrected chi connectivity index (χ4v) is 7.65. The van der Waals surface area contributed by atoms with Gasteiger partial charge in [-0.2, -0.15) is 10.2 Å². The number of carbonyl (C=O) groups is 2. The maximum absolute atomic E-state index is 10.7. The minimum Gasteiger partial charge on any atom is -0.506 e. The molecule has 0 atom stereocenters. The monoisotopic (exact) mass is 1020 g/mol. The van der Waals surface area contributed by atoms with E-state index in [2.05, 4.69) is 66.6 Å². The molecule has 0 saturated carbocycles. The molecule has 0 amide bonds. The van der Waals surface area contributed by atoms with Crippen molar-refractivity contribution < 1.29 is 24.9 Å². The van der Waals surface area contributed by atoms with Crippen molar-refractivity contribution in [3.8, 4) is 17.2 Å². The quantitative estimate of drug-likeness (QED) is 0.0274. The normalized spacial score (nSPS) is 13.0. The van der Waals surface area contributed by atoms with Crippen LogP contribution in [0.4, 0.5) is 17.5 Å². The van der Waals surface area contributed by atoms with Crippen molar-refractivity contribution in [2.45, 2.75) is 45.1 Å². The molecule has 2 aliphatic rings. The third-order valence-corrected chi connectivity index (χ3v) is 11.5. The molecule has 2 aliphatic heterocycles. The van der Waals surface area contributed by atoms with Gasteiger partial charge in [-0.05, 0) is 137 Å². The number of piperidine rings is 2. The van der Waals surface area contributed by atoms with Crippen molar-refractivity contribution in [3.63, 3.8) is 0 Å². The number of pyridine rings is 6. The molecule has 19 nitrogen and oxygen atoms in total. The number of rotatable bonds is 10. The molecule has 0 bridgehead atoms. The Hall–Kier alpha value is -9.30. The molecule has 9 aromatic rings. The first-order chi connectivity index (χ1) is 37.4. The van der Waals surface area contributed by atoms with Crippen molar-refractivity contribution in [2.24, 2.45) is 16.0 Å². The number of nitrogens with zero attached hydrogens (tertiary/aromatic N) is 9. The van der Waals surface area contributed by atoms with Crippen molar-refractivity contribution in [1.82, 2.24) is 40.1 Å². The Morgan fingerprint density at radius 1 is 0.539 bits per heavy atom. The highest BCUT2D eigenvalue weighted by atomic mass is 16.3. The highest BCUT2D eigenvalue weighted by Gasteiger charge is 2.15. The van der Waals surface area contributed by atoms with Gasteiger partial charge in [0, 0.05) is 46.9 Å². The second kappa shape index (κ2) is 31.3. The number of nitrogen functional groups attached to an aromatic ring is 1. The van der Waals surface area contributed by atoms with Crippen molar-refractivity contribution in [2.75, 3.05) is 42.5 Å². The first-order valence-corrected chi connectivity index (χ1v) is 24.6. The van der Waals surface area contributed by atoms with Crippen LogP contribution in [0.5, 0.6) is 17.2 Å². The number of phenolic OH excluding ortho intramolecular Hbond substituents is 3. The minimum atomic E-state index is 0.153. The number of benzene rings is 3. The second-order valence-electron chi connectivity index (χ2n) is 16.8. The number of nitrogens with two attached hydrogens (primary N) is 1. The molecule has 19 heteroatoms. The predicted molar refractivity (Wildman–Crippen MR) is 302 cm³/mol. The smallest absolute Gasteiger partial charge is 0.168 e. The summed E-state index contributed by atoms with van der Waals surface area (Å²) in [7, 11) is 0. The molecule has 0 unspecified atom stereocenters. The number of anilines is 3. The number of phenols is 3. The fourth-order valence-electron chi connectivity index (χ4n) is 7.65. The number of hydrogen-bond donors (Lipinski definition) is 8. The molecule has 2 saturated heterocycles. The van der Waals surface area contributed by atoms with E-state index in [9.17, 15) is 20.1 Å². The van der Waals surface area contributed by atoms with E-state index in [0.29, 0.717) is 39.7 Å². The number of carbonyl (C=O) groups excluding carboxylic acids is 2. The number of hydrogen-bond acceptors (Lipinski definition) is 19. The summed E-state index contributed by atoms with van der Waals surface area (Å²) in [5.74, 6) is 7.45. The Morgan fingerprint density at radius 3 is 1.45 bits per heavy atom. The minimum absolute atomic E-state index is 0.153. The highest BCUT2D eigenvalue weighted by Crippen LogP contribution is 2.30. The zero-order valence-corrected chi connectivity index (χ0v) is 42.0. The van der Waals surface area contributed by atoms with Crippen LogP contribution < -0.4 is 27.4 Å². The van der Waals surface area contributed by atoms with Crippen LogP contribution in [-0.2, 0) is 11.3 Å². The zero-order valence-electron chi connectivity index (χ0n) is 42.0. The van der Waals surface area contributed by atoms with E-state index < -0.39 is 0 Å².